The van der Waals surface area contributed by atoms with Crippen molar-refractivity contribution >= 4 is 0 Å². The number of rotatable bonds is 10. The first kappa shape index (κ1) is 24.7. The fourth-order valence-corrected chi connectivity index (χ4v) is 2.83. The molecule has 26 heavy (non-hydrogen) atoms. The lowest BCUT2D eigenvalue weighted by molar-refractivity contribution is 0.500. The SMILES string of the molecule is C=CCC(C=C/C(C)=C(\CC)CCC)/C=C(/C)C(N)/C=C(\C)C(C)(C)C. The number of hydrogen-bond donors (Lipinski definition) is 1. The van der Waals surface area contributed by atoms with Crippen LogP contribution >= 0.6 is 0 Å². The summed E-state index contributed by atoms with van der Waals surface area (Å²) in [6.45, 7) is 21.6. The minimum absolute atomic E-state index is 0.0297. The quantitative estimate of drug-likeness (QED) is 0.317. The zero-order valence-corrected chi connectivity index (χ0v) is 18.7. The molecule has 2 atom stereocenters. The van der Waals surface area contributed by atoms with E-state index in [2.05, 4.69) is 86.3 Å². The second-order valence-corrected chi connectivity index (χ2v) is 8.47. The summed E-state index contributed by atoms with van der Waals surface area (Å²) in [4.78, 5) is 0. The number of allylic oxidation sites excluding steroid dienone is 7. The van der Waals surface area contributed by atoms with E-state index in [9.17, 15) is 0 Å². The molecule has 0 aromatic rings. The molecule has 0 saturated heterocycles. The molecule has 0 aliphatic heterocycles. The Balaban J connectivity index is 5.40. The summed E-state index contributed by atoms with van der Waals surface area (Å²) < 4.78 is 0. The topological polar surface area (TPSA) is 26.0 Å². The highest BCUT2D eigenvalue weighted by Gasteiger charge is 2.14. The van der Waals surface area contributed by atoms with Crippen LogP contribution in [0.4, 0.5) is 0 Å². The third-order valence-electron chi connectivity index (χ3n) is 5.18. The molecule has 0 rings (SSSR count). The smallest absolute Gasteiger partial charge is 0.0440 e. The highest BCUT2D eigenvalue weighted by Crippen LogP contribution is 2.25. The van der Waals surface area contributed by atoms with E-state index in [1.54, 1.807) is 5.57 Å². The number of hydrogen-bond acceptors (Lipinski definition) is 1. The van der Waals surface area contributed by atoms with Gasteiger partial charge in [-0.05, 0) is 51.4 Å². The Kier molecular flexibility index (Phi) is 11.5. The predicted octanol–water partition coefficient (Wildman–Crippen LogP) is 7.53. The molecule has 0 aliphatic carbocycles. The monoisotopic (exact) mass is 357 g/mol. The first-order chi connectivity index (χ1) is 12.1. The summed E-state index contributed by atoms with van der Waals surface area (Å²) >= 11 is 0. The van der Waals surface area contributed by atoms with Gasteiger partial charge in [-0.25, -0.2) is 0 Å². The Morgan fingerprint density at radius 3 is 2.15 bits per heavy atom. The van der Waals surface area contributed by atoms with Crippen molar-refractivity contribution in [2.75, 3.05) is 0 Å². The van der Waals surface area contributed by atoms with E-state index >= 15 is 0 Å². The van der Waals surface area contributed by atoms with Crippen molar-refractivity contribution in [3.63, 3.8) is 0 Å². The molecule has 0 fully saturated rings. The Morgan fingerprint density at radius 2 is 1.69 bits per heavy atom. The molecule has 0 aromatic carbocycles. The van der Waals surface area contributed by atoms with Gasteiger partial charge in [-0.1, -0.05) is 93.7 Å². The zero-order valence-electron chi connectivity index (χ0n) is 18.7. The molecule has 0 heterocycles. The Morgan fingerprint density at radius 1 is 1.08 bits per heavy atom. The standard InChI is InChI=1S/C25H43N/c1-10-13-22(16-15-19(4)23(12-3)14-11-2)17-20(5)24(26)18-21(6)25(7,8)9/h10,15-18,22,24H,1,11-14,26H2,2-9H3/b16-15?,20-17-,21-18+,23-19+. The first-order valence-corrected chi connectivity index (χ1v) is 10.2. The molecule has 0 aromatic heterocycles. The number of nitrogens with two attached hydrogens (primary N) is 1. The highest BCUT2D eigenvalue weighted by molar-refractivity contribution is 5.27. The van der Waals surface area contributed by atoms with Crippen LogP contribution in [-0.2, 0) is 0 Å². The predicted molar refractivity (Wildman–Crippen MR) is 120 cm³/mol. The fraction of sp³-hybridized carbons (Fsp3) is 0.600. The Hall–Kier alpha value is -1.34. The summed E-state index contributed by atoms with van der Waals surface area (Å²) in [6, 6.07) is -0.0297. The molecule has 0 aliphatic rings. The highest BCUT2D eigenvalue weighted by atomic mass is 14.6. The maximum absolute atomic E-state index is 6.42. The van der Waals surface area contributed by atoms with Crippen LogP contribution in [-0.4, -0.2) is 6.04 Å². The van der Waals surface area contributed by atoms with Gasteiger partial charge >= 0.3 is 0 Å². The van der Waals surface area contributed by atoms with Crippen molar-refractivity contribution < 1.29 is 0 Å². The van der Waals surface area contributed by atoms with Crippen molar-refractivity contribution in [2.45, 2.75) is 87.1 Å². The molecule has 0 radical (unpaired) electrons. The average Bonchev–Trinajstić information content (AvgIpc) is 2.56. The van der Waals surface area contributed by atoms with Crippen molar-refractivity contribution in [3.8, 4) is 0 Å². The summed E-state index contributed by atoms with van der Waals surface area (Å²) in [5.41, 5.74) is 12.1. The van der Waals surface area contributed by atoms with Crippen molar-refractivity contribution in [1.82, 2.24) is 0 Å². The first-order valence-electron chi connectivity index (χ1n) is 10.2. The second kappa shape index (κ2) is 12.1. The van der Waals surface area contributed by atoms with Gasteiger partial charge in [0.15, 0.2) is 0 Å². The maximum atomic E-state index is 6.42. The third kappa shape index (κ3) is 9.38. The second-order valence-electron chi connectivity index (χ2n) is 8.47. The van der Waals surface area contributed by atoms with E-state index in [0.29, 0.717) is 5.92 Å². The molecule has 0 amide bonds. The van der Waals surface area contributed by atoms with Crippen molar-refractivity contribution in [1.29, 1.82) is 0 Å². The molecule has 2 N–H and O–H groups in total. The van der Waals surface area contributed by atoms with E-state index in [1.807, 2.05) is 6.08 Å². The minimum Gasteiger partial charge on any atom is -0.321 e. The van der Waals surface area contributed by atoms with Gasteiger partial charge in [-0.3, -0.25) is 0 Å². The normalized spacial score (nSPS) is 17.3. The summed E-state index contributed by atoms with van der Waals surface area (Å²) in [5.74, 6) is 0.344. The van der Waals surface area contributed by atoms with E-state index in [1.165, 1.54) is 29.6 Å². The van der Waals surface area contributed by atoms with Crippen molar-refractivity contribution in [2.24, 2.45) is 17.1 Å². The van der Waals surface area contributed by atoms with Gasteiger partial charge in [0, 0.05) is 6.04 Å². The van der Waals surface area contributed by atoms with Gasteiger partial charge in [0.2, 0.25) is 0 Å². The lowest BCUT2D eigenvalue weighted by Crippen LogP contribution is -2.21. The van der Waals surface area contributed by atoms with Crippen LogP contribution in [0.5, 0.6) is 0 Å². The van der Waals surface area contributed by atoms with Crippen LogP contribution in [0, 0.1) is 11.3 Å². The van der Waals surface area contributed by atoms with Gasteiger partial charge in [0.05, 0.1) is 0 Å². The van der Waals surface area contributed by atoms with Gasteiger partial charge < -0.3 is 5.73 Å². The Bertz CT molecular complexity index is 549. The molecule has 0 saturated carbocycles. The summed E-state index contributed by atoms with van der Waals surface area (Å²) in [5, 5.41) is 0. The molecular formula is C25H43N. The maximum Gasteiger partial charge on any atom is 0.0440 e. The minimum atomic E-state index is -0.0297. The van der Waals surface area contributed by atoms with E-state index in [4.69, 9.17) is 5.73 Å². The molecule has 1 heteroatoms. The Labute approximate surface area is 163 Å². The lowest BCUT2D eigenvalue weighted by Gasteiger charge is -2.22. The van der Waals surface area contributed by atoms with E-state index in [0.717, 1.165) is 12.8 Å². The lowest BCUT2D eigenvalue weighted by atomic mass is 9.85. The van der Waals surface area contributed by atoms with Crippen LogP contribution < -0.4 is 5.73 Å². The van der Waals surface area contributed by atoms with Crippen molar-refractivity contribution in [3.05, 3.63) is 59.3 Å². The molecule has 2 unspecified atom stereocenters. The van der Waals surface area contributed by atoms with E-state index < -0.39 is 0 Å². The average molecular weight is 358 g/mol. The largest absolute Gasteiger partial charge is 0.321 e. The van der Waals surface area contributed by atoms with Gasteiger partial charge in [0.25, 0.3) is 0 Å². The third-order valence-corrected chi connectivity index (χ3v) is 5.18. The van der Waals surface area contributed by atoms with Crippen LogP contribution in [0.1, 0.15) is 81.1 Å². The molecule has 0 bridgehead atoms. The van der Waals surface area contributed by atoms with Gasteiger partial charge in [0.1, 0.15) is 0 Å². The zero-order chi connectivity index (χ0) is 20.3. The van der Waals surface area contributed by atoms with Gasteiger partial charge in [-0.15, -0.1) is 6.58 Å². The summed E-state index contributed by atoms with van der Waals surface area (Å²) in [7, 11) is 0. The fourth-order valence-electron chi connectivity index (χ4n) is 2.83. The van der Waals surface area contributed by atoms with Crippen LogP contribution in [0.25, 0.3) is 0 Å². The molecule has 0 spiro atoms. The van der Waals surface area contributed by atoms with Crippen LogP contribution in [0.2, 0.25) is 0 Å². The van der Waals surface area contributed by atoms with E-state index in [-0.39, 0.29) is 11.5 Å². The van der Waals surface area contributed by atoms with Crippen LogP contribution in [0.15, 0.2) is 59.3 Å². The molecule has 1 nitrogen and oxygen atoms in total. The van der Waals surface area contributed by atoms with Gasteiger partial charge in [-0.2, -0.15) is 0 Å². The molecular weight excluding hydrogens is 314 g/mol. The summed E-state index contributed by atoms with van der Waals surface area (Å²) in [6.07, 6.45) is 15.5. The van der Waals surface area contributed by atoms with Crippen LogP contribution in [0.3, 0.4) is 0 Å². The molecule has 148 valence electrons.